The molecule has 0 amide bonds. The number of methoxy groups -OCH3 is 1. The van der Waals surface area contributed by atoms with Crippen LogP contribution in [0.5, 0.6) is 0 Å². The maximum absolute atomic E-state index is 13.2. The lowest BCUT2D eigenvalue weighted by Crippen LogP contribution is -2.58. The van der Waals surface area contributed by atoms with Gasteiger partial charge in [0.2, 0.25) is 0 Å². The van der Waals surface area contributed by atoms with E-state index in [1.165, 1.54) is 0 Å². The van der Waals surface area contributed by atoms with Gasteiger partial charge in [-0.3, -0.25) is 19.5 Å². The molecule has 192 valence electrons. The third kappa shape index (κ3) is 5.82. The SMILES string of the molecule is COCCC1(N)c2ccc(C(=O)c3ccc(C=NN4CCN(C)CC4)cc3)cc2CCN1CC(=O)O. The van der Waals surface area contributed by atoms with Gasteiger partial charge in [0.25, 0.3) is 0 Å². The standard InChI is InChI=1S/C27H35N5O4/c1-30-12-14-32(15-13-30)29-18-20-3-5-21(6-4-20)26(35)23-7-8-24-22(17-23)9-11-31(19-25(33)34)27(24,28)10-16-36-2/h3-8,17-18H,9-16,19,28H2,1-2H3,(H,33,34). The van der Waals surface area contributed by atoms with Crippen LogP contribution in [0.3, 0.4) is 0 Å². The first-order valence-electron chi connectivity index (χ1n) is 12.3. The molecule has 3 N–H and O–H groups in total. The Bertz CT molecular complexity index is 1110. The highest BCUT2D eigenvalue weighted by molar-refractivity contribution is 6.09. The van der Waals surface area contributed by atoms with Crippen LogP contribution >= 0.6 is 0 Å². The number of carboxylic acids is 1. The molecule has 36 heavy (non-hydrogen) atoms. The fourth-order valence-corrected chi connectivity index (χ4v) is 4.87. The zero-order valence-corrected chi connectivity index (χ0v) is 21.0. The van der Waals surface area contributed by atoms with Gasteiger partial charge in [0.15, 0.2) is 5.78 Å². The summed E-state index contributed by atoms with van der Waals surface area (Å²) in [6.07, 6.45) is 2.91. The molecule has 2 heterocycles. The number of hydrogen-bond donors (Lipinski definition) is 2. The zero-order chi connectivity index (χ0) is 25.7. The first-order chi connectivity index (χ1) is 17.3. The lowest BCUT2D eigenvalue weighted by Gasteiger charge is -2.45. The second-order valence-corrected chi connectivity index (χ2v) is 9.56. The molecule has 2 aromatic rings. The number of aliphatic carboxylic acids is 1. The van der Waals surface area contributed by atoms with Crippen molar-refractivity contribution in [2.75, 3.05) is 60.0 Å². The van der Waals surface area contributed by atoms with E-state index in [9.17, 15) is 14.7 Å². The van der Waals surface area contributed by atoms with Gasteiger partial charge in [-0.15, -0.1) is 0 Å². The molecule has 0 aromatic heterocycles. The van der Waals surface area contributed by atoms with Crippen LogP contribution in [0, 0.1) is 0 Å². The van der Waals surface area contributed by atoms with E-state index in [0.29, 0.717) is 37.1 Å². The Kier molecular flexibility index (Phi) is 8.15. The van der Waals surface area contributed by atoms with Crippen molar-refractivity contribution >= 4 is 18.0 Å². The molecule has 0 radical (unpaired) electrons. The van der Waals surface area contributed by atoms with Crippen LogP contribution in [0.2, 0.25) is 0 Å². The number of piperazine rings is 1. The molecule has 2 aliphatic heterocycles. The minimum Gasteiger partial charge on any atom is -0.480 e. The molecule has 9 heteroatoms. The van der Waals surface area contributed by atoms with E-state index in [1.54, 1.807) is 18.1 Å². The number of carboxylic acid groups (broad SMARTS) is 1. The number of likely N-dealkylation sites (N-methyl/N-ethyl adjacent to an activating group) is 1. The minimum atomic E-state index is -0.964. The smallest absolute Gasteiger partial charge is 0.317 e. The first-order valence-corrected chi connectivity index (χ1v) is 12.3. The second kappa shape index (κ2) is 11.3. The summed E-state index contributed by atoms with van der Waals surface area (Å²) in [5.74, 6) is -0.984. The second-order valence-electron chi connectivity index (χ2n) is 9.56. The van der Waals surface area contributed by atoms with Gasteiger partial charge in [0, 0.05) is 64.0 Å². The molecular weight excluding hydrogens is 458 g/mol. The van der Waals surface area contributed by atoms with Crippen molar-refractivity contribution in [3.8, 4) is 0 Å². The predicted octanol–water partition coefficient (Wildman–Crippen LogP) is 1.59. The minimum absolute atomic E-state index is 0.0622. The van der Waals surface area contributed by atoms with Crippen molar-refractivity contribution in [1.82, 2.24) is 14.8 Å². The zero-order valence-electron chi connectivity index (χ0n) is 21.0. The van der Waals surface area contributed by atoms with Crippen LogP contribution in [-0.2, 0) is 21.6 Å². The molecule has 1 unspecified atom stereocenters. The summed E-state index contributed by atoms with van der Waals surface area (Å²) in [6, 6.07) is 13.0. The number of hydrazone groups is 1. The molecule has 0 saturated carbocycles. The van der Waals surface area contributed by atoms with E-state index in [-0.39, 0.29) is 12.3 Å². The third-order valence-electron chi connectivity index (χ3n) is 7.09. The molecule has 1 saturated heterocycles. The fourth-order valence-electron chi connectivity index (χ4n) is 4.87. The summed E-state index contributed by atoms with van der Waals surface area (Å²) in [6.45, 7) is 4.57. The van der Waals surface area contributed by atoms with Crippen molar-refractivity contribution in [3.63, 3.8) is 0 Å². The topological polar surface area (TPSA) is 112 Å². The Morgan fingerprint density at radius 1 is 1.08 bits per heavy atom. The normalized spacial score (nSPS) is 21.0. The molecule has 1 atom stereocenters. The van der Waals surface area contributed by atoms with Crippen molar-refractivity contribution in [2.24, 2.45) is 10.8 Å². The number of hydrogen-bond acceptors (Lipinski definition) is 8. The summed E-state index contributed by atoms with van der Waals surface area (Å²) in [5.41, 5.74) is 9.76. The number of nitrogens with zero attached hydrogens (tertiary/aromatic N) is 4. The Morgan fingerprint density at radius 3 is 2.44 bits per heavy atom. The number of rotatable bonds is 9. The van der Waals surface area contributed by atoms with Gasteiger partial charge >= 0.3 is 5.97 Å². The molecule has 0 spiro atoms. The van der Waals surface area contributed by atoms with Crippen LogP contribution in [-0.4, -0.2) is 97.9 Å². The van der Waals surface area contributed by atoms with E-state index in [4.69, 9.17) is 10.5 Å². The first kappa shape index (κ1) is 26.0. The van der Waals surface area contributed by atoms with Crippen LogP contribution < -0.4 is 5.73 Å². The van der Waals surface area contributed by atoms with Crippen LogP contribution in [0.25, 0.3) is 0 Å². The number of ketones is 1. The van der Waals surface area contributed by atoms with Gasteiger partial charge in [-0.1, -0.05) is 36.4 Å². The maximum atomic E-state index is 13.2. The molecule has 2 aliphatic rings. The Hall–Kier alpha value is -3.11. The molecule has 9 nitrogen and oxygen atoms in total. The Balaban J connectivity index is 1.49. The van der Waals surface area contributed by atoms with Crippen molar-refractivity contribution in [2.45, 2.75) is 18.5 Å². The summed E-state index contributed by atoms with van der Waals surface area (Å²) in [5, 5.41) is 16.0. The Morgan fingerprint density at radius 2 is 1.78 bits per heavy atom. The monoisotopic (exact) mass is 493 g/mol. The van der Waals surface area contributed by atoms with Gasteiger partial charge < -0.3 is 20.5 Å². The largest absolute Gasteiger partial charge is 0.480 e. The van der Waals surface area contributed by atoms with Gasteiger partial charge in [0.1, 0.15) is 0 Å². The molecule has 4 rings (SSSR count). The van der Waals surface area contributed by atoms with E-state index >= 15 is 0 Å². The average Bonchev–Trinajstić information content (AvgIpc) is 2.88. The van der Waals surface area contributed by atoms with Gasteiger partial charge in [-0.25, -0.2) is 0 Å². The van der Waals surface area contributed by atoms with Gasteiger partial charge in [-0.2, -0.15) is 5.10 Å². The number of fused-ring (bicyclic) bond motifs is 1. The third-order valence-corrected chi connectivity index (χ3v) is 7.09. The van der Waals surface area contributed by atoms with Gasteiger partial charge in [0.05, 0.1) is 18.4 Å². The number of ether oxygens (including phenoxy) is 1. The highest BCUT2D eigenvalue weighted by atomic mass is 16.5. The predicted molar refractivity (Wildman–Crippen MR) is 138 cm³/mol. The van der Waals surface area contributed by atoms with Crippen LogP contribution in [0.15, 0.2) is 47.6 Å². The molecule has 0 aliphatic carbocycles. The van der Waals surface area contributed by atoms with Crippen molar-refractivity contribution in [3.05, 3.63) is 70.3 Å². The highest BCUT2D eigenvalue weighted by Crippen LogP contribution is 2.35. The summed E-state index contributed by atoms with van der Waals surface area (Å²) < 4.78 is 5.24. The molecule has 1 fully saturated rings. The van der Waals surface area contributed by atoms with E-state index in [0.717, 1.165) is 42.9 Å². The summed E-state index contributed by atoms with van der Waals surface area (Å²) >= 11 is 0. The molecule has 2 aromatic carbocycles. The Labute approximate surface area is 212 Å². The fraction of sp³-hybridized carbons (Fsp3) is 0.444. The quantitative estimate of drug-likeness (QED) is 0.400. The molecule has 0 bridgehead atoms. The van der Waals surface area contributed by atoms with Crippen molar-refractivity contribution in [1.29, 1.82) is 0 Å². The highest BCUT2D eigenvalue weighted by Gasteiger charge is 2.40. The number of carbonyl (C=O) groups is 2. The summed E-state index contributed by atoms with van der Waals surface area (Å²) in [7, 11) is 3.71. The molecular formula is C27H35N5O4. The van der Waals surface area contributed by atoms with E-state index in [1.807, 2.05) is 42.6 Å². The number of carbonyl (C=O) groups excluding carboxylic acids is 1. The lowest BCUT2D eigenvalue weighted by molar-refractivity contribution is -0.140. The maximum Gasteiger partial charge on any atom is 0.317 e. The number of nitrogens with two attached hydrogens (primary N) is 1. The van der Waals surface area contributed by atoms with Gasteiger partial charge in [-0.05, 0) is 36.2 Å². The van der Waals surface area contributed by atoms with E-state index < -0.39 is 11.6 Å². The lowest BCUT2D eigenvalue weighted by atomic mass is 9.84. The van der Waals surface area contributed by atoms with Crippen molar-refractivity contribution < 1.29 is 19.4 Å². The average molecular weight is 494 g/mol. The van der Waals surface area contributed by atoms with Crippen LogP contribution in [0.1, 0.15) is 39.0 Å². The number of benzene rings is 2. The summed E-state index contributed by atoms with van der Waals surface area (Å²) in [4.78, 5) is 28.7. The van der Waals surface area contributed by atoms with E-state index in [2.05, 4.69) is 22.1 Å². The van der Waals surface area contributed by atoms with Crippen LogP contribution in [0.4, 0.5) is 0 Å².